The van der Waals surface area contributed by atoms with E-state index in [9.17, 15) is 4.79 Å². The van der Waals surface area contributed by atoms with Gasteiger partial charge < -0.3 is 4.90 Å². The second kappa shape index (κ2) is 5.29. The fourth-order valence-corrected chi connectivity index (χ4v) is 2.64. The lowest BCUT2D eigenvalue weighted by Gasteiger charge is -2.43. The molecule has 0 saturated carbocycles. The summed E-state index contributed by atoms with van der Waals surface area (Å²) >= 11 is 6.08. The lowest BCUT2D eigenvalue weighted by Crippen LogP contribution is -2.55. The number of benzene rings is 1. The molecule has 1 aliphatic rings. The monoisotopic (exact) mass is 266 g/mol. The van der Waals surface area contributed by atoms with Crippen LogP contribution in [-0.4, -0.2) is 43.4 Å². The van der Waals surface area contributed by atoms with Gasteiger partial charge in [-0.3, -0.25) is 9.69 Å². The Hall–Kier alpha value is -1.06. The largest absolute Gasteiger partial charge is 0.368 e. The van der Waals surface area contributed by atoms with Crippen molar-refractivity contribution in [2.24, 2.45) is 0 Å². The van der Waals surface area contributed by atoms with Gasteiger partial charge in [0.05, 0.1) is 5.02 Å². The maximum atomic E-state index is 10.8. The number of hydrogen-bond acceptors (Lipinski definition) is 3. The summed E-state index contributed by atoms with van der Waals surface area (Å²) in [6.45, 7) is 6.42. The van der Waals surface area contributed by atoms with Crippen LogP contribution >= 0.6 is 11.6 Å². The molecular weight excluding hydrogens is 248 g/mol. The first-order valence-corrected chi connectivity index (χ1v) is 6.62. The highest BCUT2D eigenvalue weighted by molar-refractivity contribution is 6.33. The Morgan fingerprint density at radius 2 is 1.89 bits per heavy atom. The molecule has 0 aromatic heterocycles. The van der Waals surface area contributed by atoms with Gasteiger partial charge in [-0.05, 0) is 39.1 Å². The smallest absolute Gasteiger partial charge is 0.151 e. The van der Waals surface area contributed by atoms with Gasteiger partial charge in [-0.1, -0.05) is 11.6 Å². The SMILES string of the molecule is CC1CN(c2ccc(C=O)c(Cl)c2)CC(C)N1C. The predicted molar refractivity (Wildman–Crippen MR) is 75.7 cm³/mol. The molecule has 0 N–H and O–H groups in total. The number of nitrogens with zero attached hydrogens (tertiary/aromatic N) is 2. The van der Waals surface area contributed by atoms with Gasteiger partial charge in [-0.2, -0.15) is 0 Å². The minimum absolute atomic E-state index is 0.512. The molecule has 1 fully saturated rings. The van der Waals surface area contributed by atoms with E-state index in [0.717, 1.165) is 25.1 Å². The third kappa shape index (κ3) is 2.52. The molecule has 2 unspecified atom stereocenters. The third-order valence-electron chi connectivity index (χ3n) is 3.84. The molecule has 0 spiro atoms. The number of hydrogen-bond donors (Lipinski definition) is 0. The van der Waals surface area contributed by atoms with Crippen LogP contribution < -0.4 is 4.90 Å². The highest BCUT2D eigenvalue weighted by atomic mass is 35.5. The van der Waals surface area contributed by atoms with E-state index in [1.54, 1.807) is 6.07 Å². The number of carbonyl (C=O) groups excluding carboxylic acids is 1. The third-order valence-corrected chi connectivity index (χ3v) is 4.16. The van der Waals surface area contributed by atoms with E-state index in [4.69, 9.17) is 11.6 Å². The zero-order valence-corrected chi connectivity index (χ0v) is 11.8. The van der Waals surface area contributed by atoms with E-state index in [1.807, 2.05) is 12.1 Å². The van der Waals surface area contributed by atoms with Gasteiger partial charge >= 0.3 is 0 Å². The van der Waals surface area contributed by atoms with Gasteiger partial charge in [-0.25, -0.2) is 0 Å². The van der Waals surface area contributed by atoms with Gasteiger partial charge in [0.25, 0.3) is 0 Å². The summed E-state index contributed by atoms with van der Waals surface area (Å²) in [5.41, 5.74) is 1.65. The minimum Gasteiger partial charge on any atom is -0.368 e. The second-order valence-corrected chi connectivity index (χ2v) is 5.50. The van der Waals surface area contributed by atoms with Crippen LogP contribution in [0.1, 0.15) is 24.2 Å². The number of likely N-dealkylation sites (N-methyl/N-ethyl adjacent to an activating group) is 1. The average Bonchev–Trinajstić information content (AvgIpc) is 2.35. The van der Waals surface area contributed by atoms with Crippen molar-refractivity contribution in [3.63, 3.8) is 0 Å². The van der Waals surface area contributed by atoms with E-state index < -0.39 is 0 Å². The molecule has 1 saturated heterocycles. The van der Waals surface area contributed by atoms with E-state index in [0.29, 0.717) is 22.7 Å². The Morgan fingerprint density at radius 3 is 2.39 bits per heavy atom. The molecule has 0 amide bonds. The van der Waals surface area contributed by atoms with Crippen molar-refractivity contribution in [2.45, 2.75) is 25.9 Å². The highest BCUT2D eigenvalue weighted by Crippen LogP contribution is 2.26. The standard InChI is InChI=1S/C14H19ClN2O/c1-10-7-17(8-11(2)16(10)3)13-5-4-12(9-18)14(15)6-13/h4-6,9-11H,7-8H2,1-3H3. The van der Waals surface area contributed by atoms with Crippen molar-refractivity contribution < 1.29 is 4.79 Å². The van der Waals surface area contributed by atoms with Gasteiger partial charge in [0, 0.05) is 36.4 Å². The Labute approximate surface area is 113 Å². The molecular formula is C14H19ClN2O. The fourth-order valence-electron chi connectivity index (χ4n) is 2.42. The van der Waals surface area contributed by atoms with Crippen molar-refractivity contribution in [1.82, 2.24) is 4.90 Å². The molecule has 1 aliphatic heterocycles. The molecule has 3 nitrogen and oxygen atoms in total. The van der Waals surface area contributed by atoms with Gasteiger partial charge in [0.1, 0.15) is 0 Å². The number of aldehydes is 1. The summed E-state index contributed by atoms with van der Waals surface area (Å²) in [5.74, 6) is 0. The van der Waals surface area contributed by atoms with Crippen LogP contribution in [0.3, 0.4) is 0 Å². The molecule has 2 atom stereocenters. The molecule has 18 heavy (non-hydrogen) atoms. The first kappa shape index (κ1) is 13.4. The molecule has 4 heteroatoms. The number of halogens is 1. The van der Waals surface area contributed by atoms with E-state index in [-0.39, 0.29) is 0 Å². The number of carbonyl (C=O) groups is 1. The van der Waals surface area contributed by atoms with Crippen molar-refractivity contribution in [3.05, 3.63) is 28.8 Å². The molecule has 2 rings (SSSR count). The molecule has 98 valence electrons. The summed E-state index contributed by atoms with van der Waals surface area (Å²) in [7, 11) is 2.16. The first-order chi connectivity index (χ1) is 8.52. The second-order valence-electron chi connectivity index (χ2n) is 5.09. The summed E-state index contributed by atoms with van der Waals surface area (Å²) in [6, 6.07) is 6.67. The van der Waals surface area contributed by atoms with E-state index in [2.05, 4.69) is 30.7 Å². The molecule has 1 aromatic rings. The van der Waals surface area contributed by atoms with Gasteiger partial charge in [0.2, 0.25) is 0 Å². The fraction of sp³-hybridized carbons (Fsp3) is 0.500. The normalized spacial score (nSPS) is 25.2. The lowest BCUT2D eigenvalue weighted by atomic mass is 10.1. The van der Waals surface area contributed by atoms with Crippen LogP contribution in [0.25, 0.3) is 0 Å². The Morgan fingerprint density at radius 1 is 1.28 bits per heavy atom. The number of rotatable bonds is 2. The summed E-state index contributed by atoms with van der Waals surface area (Å²) in [6.07, 6.45) is 0.793. The summed E-state index contributed by atoms with van der Waals surface area (Å²) in [5, 5.41) is 0.529. The van der Waals surface area contributed by atoms with Crippen molar-refractivity contribution in [2.75, 3.05) is 25.0 Å². The zero-order valence-electron chi connectivity index (χ0n) is 11.1. The summed E-state index contributed by atoms with van der Waals surface area (Å²) in [4.78, 5) is 15.5. The van der Waals surface area contributed by atoms with Gasteiger partial charge in [-0.15, -0.1) is 0 Å². The van der Waals surface area contributed by atoms with Crippen molar-refractivity contribution in [1.29, 1.82) is 0 Å². The Bertz CT molecular complexity index is 437. The number of anilines is 1. The van der Waals surface area contributed by atoms with E-state index in [1.165, 1.54) is 0 Å². The zero-order chi connectivity index (χ0) is 13.3. The maximum Gasteiger partial charge on any atom is 0.151 e. The van der Waals surface area contributed by atoms with Crippen LogP contribution in [0.4, 0.5) is 5.69 Å². The molecule has 1 aromatic carbocycles. The number of piperazine rings is 1. The molecule has 0 aliphatic carbocycles. The average molecular weight is 267 g/mol. The Kier molecular flexibility index (Phi) is 3.93. The quantitative estimate of drug-likeness (QED) is 0.769. The van der Waals surface area contributed by atoms with Crippen LogP contribution in [0.2, 0.25) is 5.02 Å². The van der Waals surface area contributed by atoms with Crippen LogP contribution in [0.15, 0.2) is 18.2 Å². The van der Waals surface area contributed by atoms with Crippen LogP contribution in [0, 0.1) is 0 Å². The first-order valence-electron chi connectivity index (χ1n) is 6.24. The molecule has 0 bridgehead atoms. The highest BCUT2D eigenvalue weighted by Gasteiger charge is 2.26. The molecule has 1 heterocycles. The molecule has 0 radical (unpaired) electrons. The Balaban J connectivity index is 2.22. The van der Waals surface area contributed by atoms with Gasteiger partial charge in [0.15, 0.2) is 6.29 Å². The summed E-state index contributed by atoms with van der Waals surface area (Å²) < 4.78 is 0. The lowest BCUT2D eigenvalue weighted by molar-refractivity contribution is 0.112. The van der Waals surface area contributed by atoms with E-state index >= 15 is 0 Å². The van der Waals surface area contributed by atoms with Crippen molar-refractivity contribution in [3.8, 4) is 0 Å². The topological polar surface area (TPSA) is 23.6 Å². The van der Waals surface area contributed by atoms with Crippen LogP contribution in [-0.2, 0) is 0 Å². The van der Waals surface area contributed by atoms with Crippen LogP contribution in [0.5, 0.6) is 0 Å². The van der Waals surface area contributed by atoms with Crippen molar-refractivity contribution >= 4 is 23.6 Å². The predicted octanol–water partition coefficient (Wildman–Crippen LogP) is 2.68. The minimum atomic E-state index is 0.512. The maximum absolute atomic E-state index is 10.8.